The Morgan fingerprint density at radius 2 is 1.02 bits per heavy atom. The third kappa shape index (κ3) is 8.54. The van der Waals surface area contributed by atoms with Crippen LogP contribution in [0.25, 0.3) is 0 Å². The van der Waals surface area contributed by atoms with Crippen LogP contribution in [0.5, 0.6) is 5.75 Å². The molecular weight excluding hydrogens is 582 g/mol. The molecule has 0 spiro atoms. The number of aliphatic imine (C=N–C) groups is 1. The lowest BCUT2D eigenvalue weighted by Gasteiger charge is -2.40. The lowest BCUT2D eigenvalue weighted by molar-refractivity contribution is 0.0361. The first-order valence-corrected chi connectivity index (χ1v) is 16.8. The number of aromatic hydroxyl groups is 1. The summed E-state index contributed by atoms with van der Waals surface area (Å²) in [6.07, 6.45) is 1.58. The molecule has 3 aromatic carbocycles. The summed E-state index contributed by atoms with van der Waals surface area (Å²) in [5, 5.41) is 24.4. The molecule has 0 aliphatic rings. The van der Waals surface area contributed by atoms with E-state index in [2.05, 4.69) is 133 Å². The maximum absolute atomic E-state index is 13.6. The highest BCUT2D eigenvalue weighted by atomic mass is 16.5. The summed E-state index contributed by atoms with van der Waals surface area (Å²) < 4.78 is 4.91. The Labute approximate surface area is 284 Å². The number of nitrogens with zero attached hydrogens (tertiary/aromatic N) is 1. The highest BCUT2D eigenvalue weighted by molar-refractivity contribution is 5.93. The minimum absolute atomic E-state index is 0.0121. The predicted octanol–water partition coefficient (Wildman–Crippen LogP) is 9.75. The molecule has 1 atom stereocenters. The standard InChI is InChI=1S/C42H59NO4/c1-26(2)36(43-25-28-18-27(37(45)47-15)16-17-35(28)44)42(46,33-21-29(38(3,4)5)19-30(22-33)39(6,7)8)34-23-31(40(9,10)11)20-32(24-34)41(12,13)14/h16-26,36,44,46H,1-15H3/t36-/m0/s1. The van der Waals surface area contributed by atoms with Crippen molar-refractivity contribution in [3.05, 3.63) is 99.1 Å². The van der Waals surface area contributed by atoms with Gasteiger partial charge in [0.1, 0.15) is 11.4 Å². The molecule has 0 amide bonds. The molecule has 0 saturated heterocycles. The molecule has 0 aromatic heterocycles. The molecule has 5 nitrogen and oxygen atoms in total. The van der Waals surface area contributed by atoms with Crippen molar-refractivity contribution < 1.29 is 19.7 Å². The molecule has 2 N–H and O–H groups in total. The molecular formula is C42H59NO4. The minimum atomic E-state index is -1.55. The Bertz CT molecular complexity index is 1480. The number of esters is 1. The van der Waals surface area contributed by atoms with Crippen molar-refractivity contribution in [2.24, 2.45) is 10.9 Å². The number of ether oxygens (including phenoxy) is 1. The topological polar surface area (TPSA) is 79.1 Å². The molecule has 0 saturated carbocycles. The molecule has 5 heteroatoms. The number of methoxy groups -OCH3 is 1. The lowest BCUT2D eigenvalue weighted by atomic mass is 9.70. The number of carbonyl (C=O) groups is 1. The fraction of sp³-hybridized carbons (Fsp3) is 0.524. The number of hydrogen-bond donors (Lipinski definition) is 2. The fourth-order valence-corrected chi connectivity index (χ4v) is 5.76. The van der Waals surface area contributed by atoms with Crippen LogP contribution in [0, 0.1) is 5.92 Å². The quantitative estimate of drug-likeness (QED) is 0.199. The van der Waals surface area contributed by atoms with Gasteiger partial charge in [0.2, 0.25) is 0 Å². The second kappa shape index (κ2) is 13.2. The van der Waals surface area contributed by atoms with Gasteiger partial charge in [0.25, 0.3) is 0 Å². The van der Waals surface area contributed by atoms with Crippen LogP contribution in [0.3, 0.4) is 0 Å². The zero-order valence-corrected chi connectivity index (χ0v) is 31.6. The van der Waals surface area contributed by atoms with Crippen LogP contribution in [-0.4, -0.2) is 35.5 Å². The van der Waals surface area contributed by atoms with Gasteiger partial charge in [-0.05, 0) is 79.2 Å². The average Bonchev–Trinajstić information content (AvgIpc) is 2.95. The molecule has 3 aromatic rings. The zero-order chi connectivity index (χ0) is 35.9. The number of aliphatic hydroxyl groups is 1. The largest absolute Gasteiger partial charge is 0.507 e. The first-order valence-electron chi connectivity index (χ1n) is 16.8. The molecule has 47 heavy (non-hydrogen) atoms. The van der Waals surface area contributed by atoms with Crippen LogP contribution in [0.4, 0.5) is 0 Å². The van der Waals surface area contributed by atoms with E-state index in [0.717, 1.165) is 33.4 Å². The van der Waals surface area contributed by atoms with Crippen LogP contribution in [0.1, 0.15) is 146 Å². The first kappa shape index (κ1) is 38.0. The Hall–Kier alpha value is -3.44. The normalized spacial score (nSPS) is 14.1. The Morgan fingerprint density at radius 3 is 1.34 bits per heavy atom. The molecule has 0 unspecified atom stereocenters. The van der Waals surface area contributed by atoms with Crippen LogP contribution in [-0.2, 0) is 32.0 Å². The maximum Gasteiger partial charge on any atom is 0.337 e. The van der Waals surface area contributed by atoms with E-state index >= 15 is 0 Å². The highest BCUT2D eigenvalue weighted by Crippen LogP contribution is 2.44. The number of phenolic OH excluding ortho intramolecular Hbond substituents is 1. The van der Waals surface area contributed by atoms with Crippen molar-refractivity contribution in [3.8, 4) is 5.75 Å². The zero-order valence-electron chi connectivity index (χ0n) is 31.6. The van der Waals surface area contributed by atoms with Crippen LogP contribution in [0.2, 0.25) is 0 Å². The van der Waals surface area contributed by atoms with Crippen molar-refractivity contribution in [1.29, 1.82) is 0 Å². The summed E-state index contributed by atoms with van der Waals surface area (Å²) in [7, 11) is 1.33. The van der Waals surface area contributed by atoms with Crippen molar-refractivity contribution >= 4 is 12.2 Å². The van der Waals surface area contributed by atoms with E-state index in [1.165, 1.54) is 19.2 Å². The molecule has 0 bridgehead atoms. The molecule has 0 fully saturated rings. The molecule has 0 heterocycles. The second-order valence-electron chi connectivity index (χ2n) is 17.6. The van der Waals surface area contributed by atoms with Gasteiger partial charge in [-0.25, -0.2) is 4.79 Å². The van der Waals surface area contributed by atoms with E-state index < -0.39 is 17.6 Å². The summed E-state index contributed by atoms with van der Waals surface area (Å²) >= 11 is 0. The third-order valence-corrected chi connectivity index (χ3v) is 9.09. The second-order valence-corrected chi connectivity index (χ2v) is 17.6. The lowest BCUT2D eigenvalue weighted by Crippen LogP contribution is -2.44. The van der Waals surface area contributed by atoms with E-state index in [1.807, 2.05) is 0 Å². The van der Waals surface area contributed by atoms with Crippen LogP contribution in [0.15, 0.2) is 59.6 Å². The number of hydrogen-bond acceptors (Lipinski definition) is 5. The Balaban J connectivity index is 2.52. The SMILES string of the molecule is COC(=O)c1ccc(O)c(C=N[C@@H](C(C)C)C(O)(c2cc(C(C)(C)C)cc(C(C)(C)C)c2)c2cc(C(C)(C)C)cc(C(C)(C)C)c2)c1. The smallest absolute Gasteiger partial charge is 0.337 e. The Morgan fingerprint density at radius 1 is 0.660 bits per heavy atom. The number of benzene rings is 3. The van der Waals surface area contributed by atoms with Crippen LogP contribution >= 0.6 is 0 Å². The van der Waals surface area contributed by atoms with Crippen molar-refractivity contribution in [2.45, 2.75) is 130 Å². The molecule has 3 rings (SSSR count). The summed E-state index contributed by atoms with van der Waals surface area (Å²) in [5.41, 5.74) is 4.56. The van der Waals surface area contributed by atoms with E-state index in [0.29, 0.717) is 11.1 Å². The van der Waals surface area contributed by atoms with Gasteiger partial charge in [0.05, 0.1) is 18.7 Å². The average molecular weight is 642 g/mol. The van der Waals surface area contributed by atoms with Crippen molar-refractivity contribution in [1.82, 2.24) is 0 Å². The van der Waals surface area contributed by atoms with Gasteiger partial charge in [-0.3, -0.25) is 4.99 Å². The highest BCUT2D eigenvalue weighted by Gasteiger charge is 2.44. The van der Waals surface area contributed by atoms with Gasteiger partial charge in [-0.15, -0.1) is 0 Å². The monoisotopic (exact) mass is 641 g/mol. The number of phenols is 1. The van der Waals surface area contributed by atoms with Crippen LogP contribution < -0.4 is 0 Å². The van der Waals surface area contributed by atoms with Gasteiger partial charge in [-0.2, -0.15) is 0 Å². The van der Waals surface area contributed by atoms with E-state index in [1.54, 1.807) is 12.3 Å². The fourth-order valence-electron chi connectivity index (χ4n) is 5.76. The number of rotatable bonds is 7. The first-order chi connectivity index (χ1) is 21.3. The van der Waals surface area contributed by atoms with E-state index in [-0.39, 0.29) is 33.3 Å². The molecule has 256 valence electrons. The third-order valence-electron chi connectivity index (χ3n) is 9.09. The predicted molar refractivity (Wildman–Crippen MR) is 196 cm³/mol. The van der Waals surface area contributed by atoms with Gasteiger partial charge >= 0.3 is 5.97 Å². The van der Waals surface area contributed by atoms with E-state index in [9.17, 15) is 15.0 Å². The van der Waals surface area contributed by atoms with Gasteiger partial charge in [0.15, 0.2) is 0 Å². The van der Waals surface area contributed by atoms with Crippen molar-refractivity contribution in [3.63, 3.8) is 0 Å². The molecule has 0 radical (unpaired) electrons. The van der Waals surface area contributed by atoms with Gasteiger partial charge in [-0.1, -0.05) is 133 Å². The molecule has 0 aliphatic carbocycles. The maximum atomic E-state index is 13.6. The van der Waals surface area contributed by atoms with Gasteiger partial charge in [0, 0.05) is 11.8 Å². The molecule has 0 aliphatic heterocycles. The summed E-state index contributed by atoms with van der Waals surface area (Å²) in [4.78, 5) is 17.4. The minimum Gasteiger partial charge on any atom is -0.507 e. The summed E-state index contributed by atoms with van der Waals surface area (Å²) in [6, 6.07) is 17.0. The number of carbonyl (C=O) groups excluding carboxylic acids is 1. The van der Waals surface area contributed by atoms with Crippen molar-refractivity contribution in [2.75, 3.05) is 7.11 Å². The van der Waals surface area contributed by atoms with Gasteiger partial charge < -0.3 is 14.9 Å². The summed E-state index contributed by atoms with van der Waals surface area (Å²) in [5.74, 6) is -0.629. The Kier molecular flexibility index (Phi) is 10.7. The summed E-state index contributed by atoms with van der Waals surface area (Å²) in [6.45, 7) is 30.5. The van der Waals surface area contributed by atoms with E-state index in [4.69, 9.17) is 9.73 Å².